The summed E-state index contributed by atoms with van der Waals surface area (Å²) in [6.45, 7) is 0.499. The van der Waals surface area contributed by atoms with Crippen LogP contribution in [0.1, 0.15) is 31.2 Å². The summed E-state index contributed by atoms with van der Waals surface area (Å²) in [6.07, 6.45) is 7.32. The first-order valence-electron chi connectivity index (χ1n) is 8.63. The van der Waals surface area contributed by atoms with Gasteiger partial charge in [0.2, 0.25) is 0 Å². The van der Waals surface area contributed by atoms with E-state index in [0.717, 1.165) is 41.4 Å². The summed E-state index contributed by atoms with van der Waals surface area (Å²) in [7, 11) is -3.72. The molecule has 0 unspecified atom stereocenters. The maximum atomic E-state index is 13.5. The van der Waals surface area contributed by atoms with Crippen LogP contribution in [-0.2, 0) is 15.4 Å². The van der Waals surface area contributed by atoms with Crippen molar-refractivity contribution in [2.45, 2.75) is 36.0 Å². The Morgan fingerprint density at radius 3 is 2.73 bits per heavy atom. The predicted molar refractivity (Wildman–Crippen MR) is 102 cm³/mol. The minimum Gasteiger partial charge on any atom is -0.265 e. The van der Waals surface area contributed by atoms with E-state index in [-0.39, 0.29) is 10.3 Å². The molecule has 3 aromatic rings. The van der Waals surface area contributed by atoms with Gasteiger partial charge in [-0.2, -0.15) is 14.8 Å². The molecule has 1 saturated carbocycles. The Bertz CT molecular complexity index is 1120. The van der Waals surface area contributed by atoms with E-state index >= 15 is 0 Å². The molecule has 2 aliphatic rings. The number of benzene rings is 1. The van der Waals surface area contributed by atoms with Crippen LogP contribution in [0.3, 0.4) is 0 Å². The highest BCUT2D eigenvalue weighted by molar-refractivity contribution is 9.10. The van der Waals surface area contributed by atoms with Gasteiger partial charge in [0.1, 0.15) is 10.4 Å². The third kappa shape index (κ3) is 2.18. The van der Waals surface area contributed by atoms with Crippen LogP contribution in [0, 0.1) is 0 Å². The van der Waals surface area contributed by atoms with Gasteiger partial charge in [-0.05, 0) is 48.7 Å². The summed E-state index contributed by atoms with van der Waals surface area (Å²) in [5, 5.41) is 8.19. The maximum absolute atomic E-state index is 13.5. The van der Waals surface area contributed by atoms with E-state index < -0.39 is 10.0 Å². The highest BCUT2D eigenvalue weighted by atomic mass is 79.9. The highest BCUT2D eigenvalue weighted by Gasteiger charge is 2.48. The van der Waals surface area contributed by atoms with E-state index in [1.54, 1.807) is 22.6 Å². The first kappa shape index (κ1) is 16.3. The Labute approximate surface area is 160 Å². The zero-order valence-electron chi connectivity index (χ0n) is 14.0. The average Bonchev–Trinajstić information content (AvgIpc) is 3.34. The molecule has 1 aliphatic heterocycles. The standard InChI is InChI=1S/C18H17BrN4O2S/c19-13-5-6-15-14(10-13)18(7-1-2-8-18)12-22(15)26(24,25)17-11-21-23-16(17)4-3-9-20-23/h3-6,9-11H,1-2,7-8,12H2. The van der Waals surface area contributed by atoms with Crippen LogP contribution in [0.2, 0.25) is 0 Å². The number of hydrogen-bond acceptors (Lipinski definition) is 4. The maximum Gasteiger partial charge on any atom is 0.268 e. The van der Waals surface area contributed by atoms with E-state index in [9.17, 15) is 8.42 Å². The minimum absolute atomic E-state index is 0.0760. The van der Waals surface area contributed by atoms with Gasteiger partial charge >= 0.3 is 0 Å². The second kappa shape index (κ2) is 5.53. The molecule has 1 aliphatic carbocycles. The lowest BCUT2D eigenvalue weighted by Crippen LogP contribution is -2.35. The Morgan fingerprint density at radius 1 is 1.12 bits per heavy atom. The van der Waals surface area contributed by atoms with Crippen molar-refractivity contribution in [1.29, 1.82) is 0 Å². The van der Waals surface area contributed by atoms with Gasteiger partial charge in [0.05, 0.1) is 11.9 Å². The monoisotopic (exact) mass is 432 g/mol. The van der Waals surface area contributed by atoms with Gasteiger partial charge in [-0.25, -0.2) is 8.42 Å². The number of halogens is 1. The lowest BCUT2D eigenvalue weighted by molar-refractivity contribution is 0.477. The van der Waals surface area contributed by atoms with Gasteiger partial charge in [0, 0.05) is 22.6 Å². The smallest absolute Gasteiger partial charge is 0.265 e. The van der Waals surface area contributed by atoms with Crippen molar-refractivity contribution in [3.05, 3.63) is 52.8 Å². The van der Waals surface area contributed by atoms with Crippen LogP contribution in [0.5, 0.6) is 0 Å². The van der Waals surface area contributed by atoms with Gasteiger partial charge < -0.3 is 0 Å². The highest BCUT2D eigenvalue weighted by Crippen LogP contribution is 2.52. The molecule has 6 nitrogen and oxygen atoms in total. The normalized spacial score (nSPS) is 18.7. The first-order chi connectivity index (χ1) is 12.5. The molecule has 0 saturated heterocycles. The molecule has 26 heavy (non-hydrogen) atoms. The number of sulfonamides is 1. The van der Waals surface area contributed by atoms with E-state index in [2.05, 4.69) is 32.2 Å². The van der Waals surface area contributed by atoms with Crippen LogP contribution in [-0.4, -0.2) is 29.8 Å². The Morgan fingerprint density at radius 2 is 1.92 bits per heavy atom. The quantitative estimate of drug-likeness (QED) is 0.621. The molecule has 5 rings (SSSR count). The molecular weight excluding hydrogens is 416 g/mol. The molecule has 0 atom stereocenters. The third-order valence-corrected chi connectivity index (χ3v) is 7.91. The molecule has 1 fully saturated rings. The fraction of sp³-hybridized carbons (Fsp3) is 0.333. The summed E-state index contributed by atoms with van der Waals surface area (Å²) in [5.74, 6) is 0. The van der Waals surface area contributed by atoms with Gasteiger partial charge in [-0.3, -0.25) is 4.31 Å². The van der Waals surface area contributed by atoms with Crippen LogP contribution < -0.4 is 4.31 Å². The predicted octanol–water partition coefficient (Wildman–Crippen LogP) is 3.51. The summed E-state index contributed by atoms with van der Waals surface area (Å²) in [5.41, 5.74) is 2.35. The molecule has 3 heterocycles. The lowest BCUT2D eigenvalue weighted by Gasteiger charge is -2.25. The van der Waals surface area contributed by atoms with Crippen LogP contribution >= 0.6 is 15.9 Å². The Hall–Kier alpha value is -1.93. The van der Waals surface area contributed by atoms with Crippen molar-refractivity contribution in [2.75, 3.05) is 10.8 Å². The number of rotatable bonds is 2. The third-order valence-electron chi connectivity index (χ3n) is 5.64. The Balaban J connectivity index is 1.69. The van der Waals surface area contributed by atoms with Crippen LogP contribution in [0.4, 0.5) is 5.69 Å². The summed E-state index contributed by atoms with van der Waals surface area (Å²) in [4.78, 5) is 0.203. The van der Waals surface area contributed by atoms with E-state index in [1.807, 2.05) is 12.1 Å². The van der Waals surface area contributed by atoms with Gasteiger partial charge in [-0.1, -0.05) is 28.8 Å². The van der Waals surface area contributed by atoms with Gasteiger partial charge in [0.25, 0.3) is 10.0 Å². The molecule has 0 N–H and O–H groups in total. The lowest BCUT2D eigenvalue weighted by atomic mass is 9.81. The van der Waals surface area contributed by atoms with Gasteiger partial charge in [0.15, 0.2) is 0 Å². The van der Waals surface area contributed by atoms with Crippen LogP contribution in [0.25, 0.3) is 5.52 Å². The van der Waals surface area contributed by atoms with E-state index in [0.29, 0.717) is 12.1 Å². The fourth-order valence-corrected chi connectivity index (χ4v) is 6.45. The summed E-state index contributed by atoms with van der Waals surface area (Å²) in [6, 6.07) is 9.37. The largest absolute Gasteiger partial charge is 0.268 e. The second-order valence-electron chi connectivity index (χ2n) is 7.07. The average molecular weight is 433 g/mol. The number of anilines is 1. The van der Waals surface area contributed by atoms with Crippen molar-refractivity contribution >= 4 is 37.2 Å². The topological polar surface area (TPSA) is 67.6 Å². The molecule has 2 aromatic heterocycles. The second-order valence-corrected chi connectivity index (χ2v) is 9.81. The zero-order chi connectivity index (χ0) is 17.9. The first-order valence-corrected chi connectivity index (χ1v) is 10.9. The molecule has 8 heteroatoms. The van der Waals surface area contributed by atoms with Crippen molar-refractivity contribution in [3.8, 4) is 0 Å². The minimum atomic E-state index is -3.72. The van der Waals surface area contributed by atoms with Crippen molar-refractivity contribution < 1.29 is 8.42 Å². The molecule has 0 radical (unpaired) electrons. The van der Waals surface area contributed by atoms with E-state index in [1.165, 1.54) is 10.8 Å². The number of hydrogen-bond donors (Lipinski definition) is 0. The van der Waals surface area contributed by atoms with E-state index in [4.69, 9.17) is 0 Å². The van der Waals surface area contributed by atoms with Crippen molar-refractivity contribution in [3.63, 3.8) is 0 Å². The fourth-order valence-electron chi connectivity index (χ4n) is 4.42. The Kier molecular flexibility index (Phi) is 3.46. The molecule has 1 spiro atoms. The van der Waals surface area contributed by atoms with Crippen molar-refractivity contribution in [1.82, 2.24) is 14.8 Å². The zero-order valence-corrected chi connectivity index (χ0v) is 16.4. The molecule has 1 aromatic carbocycles. The molecular formula is C18H17BrN4O2S. The van der Waals surface area contributed by atoms with Crippen molar-refractivity contribution in [2.24, 2.45) is 0 Å². The number of aromatic nitrogens is 3. The SMILES string of the molecule is O=S(=O)(c1cnn2ncccc12)N1CC2(CCCC2)c2cc(Br)ccc21. The summed E-state index contributed by atoms with van der Waals surface area (Å²) < 4.78 is 31.0. The number of fused-ring (bicyclic) bond motifs is 3. The number of nitrogens with zero attached hydrogens (tertiary/aromatic N) is 4. The van der Waals surface area contributed by atoms with Crippen LogP contribution in [0.15, 0.2) is 52.1 Å². The summed E-state index contributed by atoms with van der Waals surface area (Å²) >= 11 is 3.55. The molecule has 134 valence electrons. The van der Waals surface area contributed by atoms with Gasteiger partial charge in [-0.15, -0.1) is 0 Å². The molecule has 0 amide bonds. The molecule has 0 bridgehead atoms.